The van der Waals surface area contributed by atoms with E-state index in [-0.39, 0.29) is 18.5 Å². The number of fused-ring (bicyclic) bond motifs is 3. The van der Waals surface area contributed by atoms with Gasteiger partial charge in [0.15, 0.2) is 12.2 Å². The van der Waals surface area contributed by atoms with Crippen LogP contribution in [-0.4, -0.2) is 59.0 Å². The lowest BCUT2D eigenvalue weighted by atomic mass is 10.1. The number of hydrogen-bond donors (Lipinski definition) is 0. The van der Waals surface area contributed by atoms with Gasteiger partial charge in [0.2, 0.25) is 5.96 Å². The van der Waals surface area contributed by atoms with Crippen LogP contribution in [0.25, 0.3) is 0 Å². The molecule has 0 N–H and O–H groups in total. The lowest BCUT2D eigenvalue weighted by Crippen LogP contribution is -2.63. The summed E-state index contributed by atoms with van der Waals surface area (Å²) < 4.78 is 5.55. The number of urea groups is 1. The number of aryl methyl sites for hydroxylation is 1. The summed E-state index contributed by atoms with van der Waals surface area (Å²) in [6.45, 7) is 4.19. The van der Waals surface area contributed by atoms with Crippen molar-refractivity contribution in [3.63, 3.8) is 0 Å². The molecule has 3 amide bonds. The summed E-state index contributed by atoms with van der Waals surface area (Å²) in [4.78, 5) is 38.3. The van der Waals surface area contributed by atoms with E-state index in [0.717, 1.165) is 22.5 Å². The predicted octanol–water partition coefficient (Wildman–Crippen LogP) is 3.15. The van der Waals surface area contributed by atoms with Crippen LogP contribution in [0.5, 0.6) is 5.75 Å². The van der Waals surface area contributed by atoms with E-state index in [1.165, 1.54) is 4.90 Å². The van der Waals surface area contributed by atoms with Crippen molar-refractivity contribution in [2.45, 2.75) is 32.6 Å². The number of amides is 3. The zero-order valence-corrected chi connectivity index (χ0v) is 18.5. The highest BCUT2D eigenvalue weighted by Gasteiger charge is 2.54. The molecule has 0 aliphatic carbocycles. The maximum atomic E-state index is 13.6. The fourth-order valence-electron chi connectivity index (χ4n) is 4.57. The molecule has 5 rings (SSSR count). The number of allylic oxidation sites excluding steroid dienone is 1. The SMILES string of the molecule is COc1ccccc1N1C(C)=CN2C1=NC1C2C(=O)N(Cc2ccccc2C)C(=O)N1C. The Balaban J connectivity index is 1.50. The van der Waals surface area contributed by atoms with Gasteiger partial charge in [-0.15, -0.1) is 0 Å². The zero-order chi connectivity index (χ0) is 22.6. The van der Waals surface area contributed by atoms with Crippen LogP contribution in [0.3, 0.4) is 0 Å². The molecule has 0 spiro atoms. The van der Waals surface area contributed by atoms with Gasteiger partial charge < -0.3 is 14.5 Å². The highest BCUT2D eigenvalue weighted by Crippen LogP contribution is 2.39. The van der Waals surface area contributed by atoms with E-state index in [2.05, 4.69) is 0 Å². The third kappa shape index (κ3) is 2.86. The number of methoxy groups -OCH3 is 1. The molecule has 32 heavy (non-hydrogen) atoms. The third-order valence-electron chi connectivity index (χ3n) is 6.30. The highest BCUT2D eigenvalue weighted by atomic mass is 16.5. The van der Waals surface area contributed by atoms with E-state index in [4.69, 9.17) is 9.73 Å². The molecule has 2 aromatic carbocycles. The minimum atomic E-state index is -0.605. The molecule has 0 bridgehead atoms. The van der Waals surface area contributed by atoms with Gasteiger partial charge in [0.25, 0.3) is 5.91 Å². The first-order chi connectivity index (χ1) is 15.4. The van der Waals surface area contributed by atoms with E-state index in [1.807, 2.05) is 78.4 Å². The van der Waals surface area contributed by atoms with Crippen LogP contribution in [0.4, 0.5) is 10.5 Å². The molecule has 2 atom stereocenters. The summed E-state index contributed by atoms with van der Waals surface area (Å²) in [6, 6.07) is 14.5. The molecule has 1 fully saturated rings. The van der Waals surface area contributed by atoms with E-state index in [9.17, 15) is 9.59 Å². The number of guanidine groups is 1. The largest absolute Gasteiger partial charge is 0.495 e. The normalized spacial score (nSPS) is 22.1. The lowest BCUT2D eigenvalue weighted by Gasteiger charge is -2.40. The summed E-state index contributed by atoms with van der Waals surface area (Å²) in [7, 11) is 3.33. The minimum Gasteiger partial charge on any atom is -0.495 e. The molecule has 3 aliphatic heterocycles. The van der Waals surface area contributed by atoms with E-state index < -0.39 is 12.2 Å². The Morgan fingerprint density at radius 1 is 1.03 bits per heavy atom. The fraction of sp³-hybridized carbons (Fsp3) is 0.292. The van der Waals surface area contributed by atoms with Gasteiger partial charge in [-0.05, 0) is 37.1 Å². The average Bonchev–Trinajstić information content (AvgIpc) is 3.31. The second-order valence-electron chi connectivity index (χ2n) is 8.22. The number of rotatable bonds is 4. The molecule has 8 heteroatoms. The first-order valence-electron chi connectivity index (χ1n) is 10.5. The van der Waals surface area contributed by atoms with Gasteiger partial charge in [0.1, 0.15) is 5.75 Å². The maximum Gasteiger partial charge on any atom is 0.328 e. The first-order valence-corrected chi connectivity index (χ1v) is 10.5. The Hall–Kier alpha value is -3.81. The van der Waals surface area contributed by atoms with Gasteiger partial charge in [0.05, 0.1) is 19.3 Å². The number of imide groups is 1. The Morgan fingerprint density at radius 3 is 2.50 bits per heavy atom. The number of benzene rings is 2. The fourth-order valence-corrected chi connectivity index (χ4v) is 4.57. The molecule has 8 nitrogen and oxygen atoms in total. The van der Waals surface area contributed by atoms with Gasteiger partial charge >= 0.3 is 6.03 Å². The molecule has 0 radical (unpaired) electrons. The van der Waals surface area contributed by atoms with Crippen LogP contribution in [0.1, 0.15) is 18.1 Å². The van der Waals surface area contributed by atoms with Crippen LogP contribution >= 0.6 is 0 Å². The van der Waals surface area contributed by atoms with Crippen molar-refractivity contribution in [3.8, 4) is 5.75 Å². The number of carbonyl (C=O) groups is 2. The Kier molecular flexibility index (Phi) is 4.65. The van der Waals surface area contributed by atoms with Crippen molar-refractivity contribution in [1.82, 2.24) is 14.7 Å². The number of ether oxygens (including phenoxy) is 1. The smallest absolute Gasteiger partial charge is 0.328 e. The molecule has 2 aromatic rings. The number of carbonyl (C=O) groups excluding carboxylic acids is 2. The van der Waals surface area contributed by atoms with Crippen LogP contribution < -0.4 is 9.64 Å². The summed E-state index contributed by atoms with van der Waals surface area (Å²) in [6.07, 6.45) is 1.34. The lowest BCUT2D eigenvalue weighted by molar-refractivity contribution is -0.137. The number of likely N-dealkylation sites (N-methyl/N-ethyl adjacent to an activating group) is 1. The monoisotopic (exact) mass is 431 g/mol. The van der Waals surface area contributed by atoms with E-state index in [1.54, 1.807) is 19.1 Å². The molecule has 2 unspecified atom stereocenters. The van der Waals surface area contributed by atoms with Crippen molar-refractivity contribution in [3.05, 3.63) is 71.6 Å². The number of hydrogen-bond acceptors (Lipinski definition) is 6. The summed E-state index contributed by atoms with van der Waals surface area (Å²) >= 11 is 0. The standard InChI is InChI=1S/C24H25N5O3/c1-15-9-5-6-10-17(15)14-28-22(30)20-21(26(3)24(28)31)25-23-27(20)13-16(2)29(23)18-11-7-8-12-19(18)32-4/h5-13,20-21H,14H2,1-4H3. The summed E-state index contributed by atoms with van der Waals surface area (Å²) in [5, 5.41) is 0. The number of anilines is 1. The molecule has 0 aromatic heterocycles. The van der Waals surface area contributed by atoms with Crippen LogP contribution in [0.2, 0.25) is 0 Å². The molecule has 0 saturated carbocycles. The second-order valence-corrected chi connectivity index (χ2v) is 8.22. The molecule has 3 aliphatic rings. The van der Waals surface area contributed by atoms with Crippen molar-refractivity contribution < 1.29 is 14.3 Å². The van der Waals surface area contributed by atoms with E-state index >= 15 is 0 Å². The first kappa shape index (κ1) is 20.1. The topological polar surface area (TPSA) is 68.7 Å². The van der Waals surface area contributed by atoms with Gasteiger partial charge in [-0.3, -0.25) is 14.6 Å². The number of para-hydroxylation sites is 2. The molecule has 3 heterocycles. The Labute approximate surface area is 187 Å². The Bertz CT molecular complexity index is 1170. The van der Waals surface area contributed by atoms with Crippen LogP contribution in [0.15, 0.2) is 65.4 Å². The molecule has 164 valence electrons. The van der Waals surface area contributed by atoms with Crippen molar-refractivity contribution in [1.29, 1.82) is 0 Å². The van der Waals surface area contributed by atoms with Gasteiger partial charge in [-0.25, -0.2) is 9.79 Å². The van der Waals surface area contributed by atoms with E-state index in [0.29, 0.717) is 11.7 Å². The molecule has 1 saturated heterocycles. The molecular formula is C24H25N5O3. The number of nitrogens with zero attached hydrogens (tertiary/aromatic N) is 5. The maximum absolute atomic E-state index is 13.6. The summed E-state index contributed by atoms with van der Waals surface area (Å²) in [5.74, 6) is 1.08. The van der Waals surface area contributed by atoms with Gasteiger partial charge in [-0.2, -0.15) is 0 Å². The van der Waals surface area contributed by atoms with Gasteiger partial charge in [0, 0.05) is 18.9 Å². The Morgan fingerprint density at radius 2 is 1.75 bits per heavy atom. The van der Waals surface area contributed by atoms with Crippen molar-refractivity contribution in [2.75, 3.05) is 19.1 Å². The average molecular weight is 431 g/mol. The van der Waals surface area contributed by atoms with Crippen LogP contribution in [-0.2, 0) is 11.3 Å². The van der Waals surface area contributed by atoms with Crippen LogP contribution in [0, 0.1) is 6.92 Å². The zero-order valence-electron chi connectivity index (χ0n) is 18.5. The quantitative estimate of drug-likeness (QED) is 0.744. The van der Waals surface area contributed by atoms with Crippen molar-refractivity contribution in [2.24, 2.45) is 4.99 Å². The molecular weight excluding hydrogens is 406 g/mol. The number of aliphatic imine (C=N–C) groups is 1. The summed E-state index contributed by atoms with van der Waals surface area (Å²) in [5.41, 5.74) is 3.75. The van der Waals surface area contributed by atoms with Gasteiger partial charge in [-0.1, -0.05) is 36.4 Å². The second kappa shape index (κ2) is 7.40. The predicted molar refractivity (Wildman–Crippen MR) is 121 cm³/mol. The van der Waals surface area contributed by atoms with Crippen molar-refractivity contribution >= 4 is 23.6 Å². The highest BCUT2D eigenvalue weighted by molar-refractivity contribution is 6.10. The minimum absolute atomic E-state index is 0.236. The third-order valence-corrected chi connectivity index (χ3v) is 6.30.